The Morgan fingerprint density at radius 1 is 1.75 bits per heavy atom. The van der Waals surface area contributed by atoms with Crippen molar-refractivity contribution in [1.29, 1.82) is 0 Å². The van der Waals surface area contributed by atoms with Crippen molar-refractivity contribution < 1.29 is 14.3 Å². The first kappa shape index (κ1) is 5.57. The van der Waals surface area contributed by atoms with Crippen molar-refractivity contribution in [1.82, 2.24) is 0 Å². The molecule has 44 valence electrons. The summed E-state index contributed by atoms with van der Waals surface area (Å²) in [6.07, 6.45) is -0.671. The van der Waals surface area contributed by atoms with Crippen LogP contribution in [-0.2, 0) is 9.47 Å². The quantitative estimate of drug-likeness (QED) is 0.362. The summed E-state index contributed by atoms with van der Waals surface area (Å²) in [6, 6.07) is 0. The van der Waals surface area contributed by atoms with Gasteiger partial charge in [-0.05, 0) is 0 Å². The van der Waals surface area contributed by atoms with Crippen LogP contribution in [0, 0.1) is 0 Å². The van der Waals surface area contributed by atoms with Gasteiger partial charge < -0.3 is 9.47 Å². The zero-order chi connectivity index (χ0) is 6.15. The van der Waals surface area contributed by atoms with E-state index in [2.05, 4.69) is 25.3 Å². The summed E-state index contributed by atoms with van der Waals surface area (Å²) >= 11 is 0. The van der Waals surface area contributed by atoms with Gasteiger partial charge in [0.1, 0.15) is 5.76 Å². The third kappa shape index (κ3) is 0.819. The first-order valence-electron chi connectivity index (χ1n) is 2.03. The Morgan fingerprint density at radius 3 is 2.50 bits per heavy atom. The van der Waals surface area contributed by atoms with Crippen LogP contribution in [0.15, 0.2) is 12.3 Å². The molecule has 0 bridgehead atoms. The smallest absolute Gasteiger partial charge is 0.418 e. The number of carbonyl (C=O) groups is 1. The van der Waals surface area contributed by atoms with Crippen LogP contribution in [-0.4, -0.2) is 12.0 Å². The monoisotopic (exact) mass is 132 g/mol. The molecule has 0 N–H and O–H groups in total. The molecule has 0 aromatic heterocycles. The zero-order valence-electron chi connectivity index (χ0n) is 4.09. The van der Waals surface area contributed by atoms with Gasteiger partial charge in [0.05, 0.1) is 0 Å². The third-order valence-corrected chi connectivity index (χ3v) is 1.26. The van der Waals surface area contributed by atoms with Gasteiger partial charge in [0.2, 0.25) is 0 Å². The van der Waals surface area contributed by atoms with E-state index in [1.807, 2.05) is 0 Å². The predicted octanol–water partition coefficient (Wildman–Crippen LogP) is 0.868. The molecule has 0 radical (unpaired) electrons. The molecule has 8 heavy (non-hydrogen) atoms. The number of hydrogen-bond donors (Lipinski definition) is 0. The molecule has 3 nitrogen and oxygen atoms in total. The second-order valence-electron chi connectivity index (χ2n) is 1.36. The molecule has 0 spiro atoms. The highest BCUT2D eigenvalue weighted by Gasteiger charge is 2.24. The molecule has 4 heteroatoms. The van der Waals surface area contributed by atoms with Gasteiger partial charge in [0.25, 0.3) is 0 Å². The molecule has 1 fully saturated rings. The maximum absolute atomic E-state index is 10.1. The van der Waals surface area contributed by atoms with Crippen LogP contribution in [0.2, 0.25) is 0 Å². The molecule has 2 unspecified atom stereocenters. The standard InChI is InChI=1S/C4H5O3P/c1-2-3(8)7-4(5)6-2/h3H,1,8H2. The van der Waals surface area contributed by atoms with Gasteiger partial charge in [-0.3, -0.25) is 0 Å². The molecular formula is C4H5O3P. The van der Waals surface area contributed by atoms with Crippen LogP contribution in [0.1, 0.15) is 0 Å². The Balaban J connectivity index is 2.64. The molecule has 1 aliphatic rings. The molecule has 1 rings (SSSR count). The number of cyclic esters (lactones) is 2. The van der Waals surface area contributed by atoms with E-state index >= 15 is 0 Å². The Bertz CT molecular complexity index is 142. The van der Waals surface area contributed by atoms with E-state index in [-0.39, 0.29) is 5.85 Å². The number of rotatable bonds is 0. The molecule has 0 saturated carbocycles. The first-order chi connectivity index (χ1) is 3.70. The van der Waals surface area contributed by atoms with Gasteiger partial charge in [-0.25, -0.2) is 4.79 Å². The average Bonchev–Trinajstić information content (AvgIpc) is 1.85. The van der Waals surface area contributed by atoms with Crippen LogP contribution in [0.25, 0.3) is 0 Å². The largest absolute Gasteiger partial charge is 0.514 e. The van der Waals surface area contributed by atoms with Crippen molar-refractivity contribution in [2.45, 2.75) is 5.85 Å². The second kappa shape index (κ2) is 1.75. The Kier molecular flexibility index (Phi) is 1.22. The summed E-state index contributed by atoms with van der Waals surface area (Å²) in [5, 5.41) is 0. The number of carbonyl (C=O) groups excluding carboxylic acids is 1. The molecule has 0 aromatic carbocycles. The number of hydrogen-bond acceptors (Lipinski definition) is 3. The van der Waals surface area contributed by atoms with Crippen molar-refractivity contribution in [2.24, 2.45) is 0 Å². The minimum absolute atomic E-state index is 0.347. The van der Waals surface area contributed by atoms with E-state index in [4.69, 9.17) is 0 Å². The van der Waals surface area contributed by atoms with E-state index in [0.717, 1.165) is 0 Å². The fourth-order valence-corrected chi connectivity index (χ4v) is 0.538. The Morgan fingerprint density at radius 2 is 2.38 bits per heavy atom. The van der Waals surface area contributed by atoms with Gasteiger partial charge in [-0.15, -0.1) is 0 Å². The molecular weight excluding hydrogens is 127 g/mol. The van der Waals surface area contributed by atoms with Crippen molar-refractivity contribution >= 4 is 15.4 Å². The fourth-order valence-electron chi connectivity index (χ4n) is 0.359. The van der Waals surface area contributed by atoms with E-state index in [1.165, 1.54) is 0 Å². The van der Waals surface area contributed by atoms with Crippen LogP contribution < -0.4 is 0 Å². The molecule has 0 aromatic rings. The zero-order valence-corrected chi connectivity index (χ0v) is 5.24. The topological polar surface area (TPSA) is 35.5 Å². The lowest BCUT2D eigenvalue weighted by molar-refractivity contribution is 0.132. The van der Waals surface area contributed by atoms with Crippen molar-refractivity contribution in [3.8, 4) is 0 Å². The third-order valence-electron chi connectivity index (χ3n) is 0.755. The van der Waals surface area contributed by atoms with Crippen LogP contribution >= 0.6 is 9.24 Å². The Hall–Kier alpha value is -0.560. The predicted molar refractivity (Wildman–Crippen MR) is 30.2 cm³/mol. The summed E-state index contributed by atoms with van der Waals surface area (Å²) in [5.74, 6) is -0.0116. The molecule has 1 aliphatic heterocycles. The van der Waals surface area contributed by atoms with E-state index in [1.54, 1.807) is 0 Å². The van der Waals surface area contributed by atoms with Gasteiger partial charge in [0, 0.05) is 0 Å². The lowest BCUT2D eigenvalue weighted by Gasteiger charge is -1.92. The summed E-state index contributed by atoms with van der Waals surface area (Å²) < 4.78 is 8.87. The maximum atomic E-state index is 10.1. The van der Waals surface area contributed by atoms with Gasteiger partial charge in [-0.2, -0.15) is 0 Å². The maximum Gasteiger partial charge on any atom is 0.514 e. The van der Waals surface area contributed by atoms with Gasteiger partial charge in [-0.1, -0.05) is 15.8 Å². The molecule has 2 atom stereocenters. The highest BCUT2D eigenvalue weighted by Crippen LogP contribution is 2.21. The lowest BCUT2D eigenvalue weighted by Crippen LogP contribution is -1.94. The second-order valence-corrected chi connectivity index (χ2v) is 1.96. The number of ether oxygens (including phenoxy) is 2. The van der Waals surface area contributed by atoms with Crippen LogP contribution in [0.3, 0.4) is 0 Å². The molecule has 0 aliphatic carbocycles. The minimum Gasteiger partial charge on any atom is -0.418 e. The normalized spacial score (nSPS) is 27.4. The van der Waals surface area contributed by atoms with Gasteiger partial charge >= 0.3 is 6.16 Å². The SMILES string of the molecule is C=C1OC(=O)OC1P. The summed E-state index contributed by atoms with van der Waals surface area (Å²) in [4.78, 5) is 10.1. The van der Waals surface area contributed by atoms with E-state index < -0.39 is 6.16 Å². The summed E-state index contributed by atoms with van der Waals surface area (Å²) in [7, 11) is 2.27. The molecule has 0 amide bonds. The summed E-state index contributed by atoms with van der Waals surface area (Å²) in [5.41, 5.74) is 0. The highest BCUT2D eigenvalue weighted by atomic mass is 31.0. The minimum atomic E-state index is -0.671. The first-order valence-corrected chi connectivity index (χ1v) is 2.69. The molecule has 1 heterocycles. The van der Waals surface area contributed by atoms with E-state index in [9.17, 15) is 4.79 Å². The van der Waals surface area contributed by atoms with Crippen molar-refractivity contribution in [3.63, 3.8) is 0 Å². The van der Waals surface area contributed by atoms with Gasteiger partial charge in [0.15, 0.2) is 5.85 Å². The van der Waals surface area contributed by atoms with Crippen LogP contribution in [0.5, 0.6) is 0 Å². The lowest BCUT2D eigenvalue weighted by atomic mass is 10.6. The van der Waals surface area contributed by atoms with Crippen molar-refractivity contribution in [3.05, 3.63) is 12.3 Å². The van der Waals surface area contributed by atoms with Crippen molar-refractivity contribution in [2.75, 3.05) is 0 Å². The summed E-state index contributed by atoms with van der Waals surface area (Å²) in [6.45, 7) is 3.40. The van der Waals surface area contributed by atoms with Crippen LogP contribution in [0.4, 0.5) is 4.79 Å². The Labute approximate surface area is 48.9 Å². The molecule has 1 saturated heterocycles. The highest BCUT2D eigenvalue weighted by molar-refractivity contribution is 7.17. The fraction of sp³-hybridized carbons (Fsp3) is 0.250. The van der Waals surface area contributed by atoms with E-state index in [0.29, 0.717) is 5.76 Å². The average molecular weight is 132 g/mol.